The molecule has 1 aliphatic heterocycles. The van der Waals surface area contributed by atoms with Gasteiger partial charge in [-0.05, 0) is 61.4 Å². The number of carbonyl (C=O) groups is 1. The van der Waals surface area contributed by atoms with E-state index in [1.165, 1.54) is 11.1 Å². The van der Waals surface area contributed by atoms with Crippen molar-refractivity contribution < 1.29 is 14.3 Å². The second kappa shape index (κ2) is 10.3. The Balaban J connectivity index is 1.54. The zero-order valence-electron chi connectivity index (χ0n) is 18.6. The summed E-state index contributed by atoms with van der Waals surface area (Å²) in [5, 5.41) is 11.8. The van der Waals surface area contributed by atoms with Crippen molar-refractivity contribution in [3.05, 3.63) is 53.1 Å². The summed E-state index contributed by atoms with van der Waals surface area (Å²) < 4.78 is 10.8. The first-order valence-electron chi connectivity index (χ1n) is 10.4. The van der Waals surface area contributed by atoms with Gasteiger partial charge in [0, 0.05) is 38.4 Å². The number of amides is 1. The Morgan fingerprint density at radius 2 is 1.71 bits per heavy atom. The van der Waals surface area contributed by atoms with Gasteiger partial charge in [0.1, 0.15) is 0 Å². The maximum absolute atomic E-state index is 12.7. The quantitative estimate of drug-likeness (QED) is 0.739. The summed E-state index contributed by atoms with van der Waals surface area (Å²) in [5.41, 5.74) is 3.68. The monoisotopic (exact) mass is 422 g/mol. The number of aryl methyl sites for hydroxylation is 1. The van der Waals surface area contributed by atoms with Crippen LogP contribution in [-0.2, 0) is 11.3 Å². The molecule has 3 rings (SSSR count). The second-order valence-electron chi connectivity index (χ2n) is 7.80. The minimum Gasteiger partial charge on any atom is -0.493 e. The molecule has 0 unspecified atom stereocenters. The highest BCUT2D eigenvalue weighted by Crippen LogP contribution is 2.31. The van der Waals surface area contributed by atoms with Crippen LogP contribution in [0.25, 0.3) is 0 Å². The van der Waals surface area contributed by atoms with Gasteiger partial charge in [-0.2, -0.15) is 5.26 Å². The molecule has 0 aromatic heterocycles. The summed E-state index contributed by atoms with van der Waals surface area (Å²) >= 11 is 0. The van der Waals surface area contributed by atoms with E-state index in [9.17, 15) is 4.79 Å². The molecule has 2 aromatic rings. The number of nitriles is 1. The smallest absolute Gasteiger partial charge is 0.241 e. The molecule has 1 amide bonds. The molecule has 0 spiro atoms. The second-order valence-corrected chi connectivity index (χ2v) is 7.80. The van der Waals surface area contributed by atoms with E-state index in [1.807, 2.05) is 19.1 Å². The van der Waals surface area contributed by atoms with E-state index < -0.39 is 0 Å². The standard InChI is InChI=1S/C24H30N4O3/c1-17-13-22(30-3)23(31-4)14-20(17)16-27-9-11-28(12-10-27)18(2)24(29)26-21-7-5-19(15-25)6-8-21/h5-8,13-14,18H,9-12,16H2,1-4H3,(H,26,29)/t18-/m0/s1. The fourth-order valence-corrected chi connectivity index (χ4v) is 3.78. The minimum atomic E-state index is -0.222. The molecule has 164 valence electrons. The van der Waals surface area contributed by atoms with Gasteiger partial charge in [0.2, 0.25) is 5.91 Å². The molecule has 1 atom stereocenters. The SMILES string of the molecule is COc1cc(C)c(CN2CCN([C@@H](C)C(=O)Nc3ccc(C#N)cc3)CC2)cc1OC. The average Bonchev–Trinajstić information content (AvgIpc) is 2.80. The lowest BCUT2D eigenvalue weighted by Gasteiger charge is -2.37. The summed E-state index contributed by atoms with van der Waals surface area (Å²) in [4.78, 5) is 17.3. The predicted octanol–water partition coefficient (Wildman–Crippen LogP) is 3.03. The normalized spacial score (nSPS) is 15.7. The molecule has 0 aliphatic carbocycles. The van der Waals surface area contributed by atoms with Gasteiger partial charge < -0.3 is 14.8 Å². The maximum atomic E-state index is 12.7. The van der Waals surface area contributed by atoms with Crippen LogP contribution in [0.1, 0.15) is 23.6 Å². The molecule has 1 saturated heterocycles. The van der Waals surface area contributed by atoms with Gasteiger partial charge in [-0.3, -0.25) is 14.6 Å². The molecule has 7 heteroatoms. The van der Waals surface area contributed by atoms with Crippen LogP contribution in [0.4, 0.5) is 5.69 Å². The third-order valence-electron chi connectivity index (χ3n) is 5.85. The van der Waals surface area contributed by atoms with E-state index in [0.29, 0.717) is 11.3 Å². The van der Waals surface area contributed by atoms with Crippen molar-refractivity contribution in [2.45, 2.75) is 26.4 Å². The van der Waals surface area contributed by atoms with E-state index in [2.05, 4.69) is 28.1 Å². The highest BCUT2D eigenvalue weighted by Gasteiger charge is 2.26. The fraction of sp³-hybridized carbons (Fsp3) is 0.417. The predicted molar refractivity (Wildman–Crippen MR) is 120 cm³/mol. The Hall–Kier alpha value is -3.08. The lowest BCUT2D eigenvalue weighted by Crippen LogP contribution is -2.52. The molecule has 1 fully saturated rings. The molecule has 2 aromatic carbocycles. The van der Waals surface area contributed by atoms with Crippen molar-refractivity contribution in [2.75, 3.05) is 45.7 Å². The molecule has 1 aliphatic rings. The van der Waals surface area contributed by atoms with Crippen molar-refractivity contribution in [1.82, 2.24) is 9.80 Å². The zero-order valence-corrected chi connectivity index (χ0v) is 18.6. The third-order valence-corrected chi connectivity index (χ3v) is 5.85. The zero-order chi connectivity index (χ0) is 22.4. The summed E-state index contributed by atoms with van der Waals surface area (Å²) in [7, 11) is 3.30. The van der Waals surface area contributed by atoms with Gasteiger partial charge in [-0.1, -0.05) is 0 Å². The van der Waals surface area contributed by atoms with Crippen LogP contribution in [0.15, 0.2) is 36.4 Å². The number of methoxy groups -OCH3 is 2. The Labute approximate surface area is 184 Å². The van der Waals surface area contributed by atoms with Gasteiger partial charge in [-0.25, -0.2) is 0 Å². The molecular formula is C24H30N4O3. The number of hydrogen-bond acceptors (Lipinski definition) is 6. The van der Waals surface area contributed by atoms with Crippen molar-refractivity contribution in [2.24, 2.45) is 0 Å². The average molecular weight is 423 g/mol. The van der Waals surface area contributed by atoms with Crippen molar-refractivity contribution in [1.29, 1.82) is 5.26 Å². The van der Waals surface area contributed by atoms with Crippen LogP contribution >= 0.6 is 0 Å². The van der Waals surface area contributed by atoms with Crippen LogP contribution in [0.2, 0.25) is 0 Å². The van der Waals surface area contributed by atoms with E-state index in [4.69, 9.17) is 14.7 Å². The summed E-state index contributed by atoms with van der Waals surface area (Å²) in [6.45, 7) is 8.30. The van der Waals surface area contributed by atoms with Crippen LogP contribution < -0.4 is 14.8 Å². The van der Waals surface area contributed by atoms with Crippen molar-refractivity contribution >= 4 is 11.6 Å². The van der Waals surface area contributed by atoms with E-state index in [1.54, 1.807) is 38.5 Å². The van der Waals surface area contributed by atoms with Crippen LogP contribution in [0.5, 0.6) is 11.5 Å². The first-order chi connectivity index (χ1) is 14.9. The Morgan fingerprint density at radius 1 is 1.10 bits per heavy atom. The molecule has 0 radical (unpaired) electrons. The van der Waals surface area contributed by atoms with Crippen molar-refractivity contribution in [3.8, 4) is 17.6 Å². The fourth-order valence-electron chi connectivity index (χ4n) is 3.78. The number of benzene rings is 2. The number of hydrogen-bond donors (Lipinski definition) is 1. The Bertz CT molecular complexity index is 945. The maximum Gasteiger partial charge on any atom is 0.241 e. The van der Waals surface area contributed by atoms with Crippen LogP contribution in [0.3, 0.4) is 0 Å². The Kier molecular flexibility index (Phi) is 7.50. The molecule has 0 saturated carbocycles. The number of rotatable bonds is 7. The van der Waals surface area contributed by atoms with Gasteiger partial charge in [0.25, 0.3) is 0 Å². The number of nitrogens with zero attached hydrogens (tertiary/aromatic N) is 3. The molecule has 0 bridgehead atoms. The highest BCUT2D eigenvalue weighted by molar-refractivity contribution is 5.94. The molecule has 1 heterocycles. The van der Waals surface area contributed by atoms with Crippen LogP contribution in [0, 0.1) is 18.3 Å². The first-order valence-corrected chi connectivity index (χ1v) is 10.4. The Morgan fingerprint density at radius 3 is 2.29 bits per heavy atom. The summed E-state index contributed by atoms with van der Waals surface area (Å²) in [6.07, 6.45) is 0. The van der Waals surface area contributed by atoms with Gasteiger partial charge in [-0.15, -0.1) is 0 Å². The summed E-state index contributed by atoms with van der Waals surface area (Å²) in [6, 6.07) is 12.8. The third kappa shape index (κ3) is 5.54. The van der Waals surface area contributed by atoms with Crippen LogP contribution in [-0.4, -0.2) is 62.1 Å². The van der Waals surface area contributed by atoms with Gasteiger partial charge in [0.05, 0.1) is 31.9 Å². The van der Waals surface area contributed by atoms with Gasteiger partial charge >= 0.3 is 0 Å². The minimum absolute atomic E-state index is 0.0334. The summed E-state index contributed by atoms with van der Waals surface area (Å²) in [5.74, 6) is 1.46. The first kappa shape index (κ1) is 22.6. The number of nitrogens with one attached hydrogen (secondary N) is 1. The molecule has 1 N–H and O–H groups in total. The molecular weight excluding hydrogens is 392 g/mol. The van der Waals surface area contributed by atoms with Gasteiger partial charge in [0.15, 0.2) is 11.5 Å². The lowest BCUT2D eigenvalue weighted by atomic mass is 10.1. The van der Waals surface area contributed by atoms with E-state index in [0.717, 1.165) is 44.2 Å². The topological polar surface area (TPSA) is 77.8 Å². The molecule has 31 heavy (non-hydrogen) atoms. The van der Waals surface area contributed by atoms with E-state index in [-0.39, 0.29) is 11.9 Å². The molecule has 7 nitrogen and oxygen atoms in total. The number of ether oxygens (including phenoxy) is 2. The number of carbonyl (C=O) groups excluding carboxylic acids is 1. The number of anilines is 1. The largest absolute Gasteiger partial charge is 0.493 e. The van der Waals surface area contributed by atoms with E-state index >= 15 is 0 Å². The lowest BCUT2D eigenvalue weighted by molar-refractivity contribution is -0.121. The highest BCUT2D eigenvalue weighted by atomic mass is 16.5. The van der Waals surface area contributed by atoms with Crippen molar-refractivity contribution in [3.63, 3.8) is 0 Å². The number of piperazine rings is 1.